The second-order valence-electron chi connectivity index (χ2n) is 4.72. The van der Waals surface area contributed by atoms with E-state index in [2.05, 4.69) is 6.58 Å². The molecule has 0 heterocycles. The summed E-state index contributed by atoms with van der Waals surface area (Å²) in [6.07, 6.45) is 1.57. The van der Waals surface area contributed by atoms with Crippen molar-refractivity contribution in [3.63, 3.8) is 0 Å². The van der Waals surface area contributed by atoms with Gasteiger partial charge in [0.2, 0.25) is 9.84 Å². The van der Waals surface area contributed by atoms with Crippen LogP contribution in [-0.4, -0.2) is 8.42 Å². The lowest BCUT2D eigenvalue weighted by molar-refractivity contribution is 0.597. The van der Waals surface area contributed by atoms with E-state index in [1.807, 2.05) is 30.3 Å². The largest absolute Gasteiger partial charge is 0.218 e. The van der Waals surface area contributed by atoms with Crippen LogP contribution in [0.1, 0.15) is 5.56 Å². The predicted molar refractivity (Wildman–Crippen MR) is 85.9 cm³/mol. The van der Waals surface area contributed by atoms with Gasteiger partial charge < -0.3 is 0 Å². The maximum atomic E-state index is 13.0. The van der Waals surface area contributed by atoms with Crippen molar-refractivity contribution in [2.45, 2.75) is 9.79 Å². The van der Waals surface area contributed by atoms with E-state index in [0.717, 1.165) is 10.8 Å². The summed E-state index contributed by atoms with van der Waals surface area (Å²) >= 11 is 0. The molecule has 3 rings (SSSR count). The molecular weight excluding hydrogens is 280 g/mol. The average molecular weight is 294 g/mol. The summed E-state index contributed by atoms with van der Waals surface area (Å²) in [4.78, 5) is 0.617. The molecule has 0 aliphatic heterocycles. The second-order valence-corrected chi connectivity index (χ2v) is 6.61. The molecule has 2 nitrogen and oxygen atoms in total. The number of hydrogen-bond donors (Lipinski definition) is 0. The lowest BCUT2D eigenvalue weighted by Gasteiger charge is -2.10. The number of sulfone groups is 1. The molecule has 0 unspecified atom stereocenters. The van der Waals surface area contributed by atoms with Crippen LogP contribution in [0.4, 0.5) is 0 Å². The molecule has 0 aromatic heterocycles. The normalized spacial score (nSPS) is 11.4. The van der Waals surface area contributed by atoms with Crippen LogP contribution in [0.3, 0.4) is 0 Å². The Morgan fingerprint density at radius 1 is 0.762 bits per heavy atom. The van der Waals surface area contributed by atoms with Crippen LogP contribution in [-0.2, 0) is 9.84 Å². The molecule has 0 fully saturated rings. The third-order valence-corrected chi connectivity index (χ3v) is 5.35. The molecule has 0 aliphatic carbocycles. The van der Waals surface area contributed by atoms with E-state index < -0.39 is 9.84 Å². The Hall–Kier alpha value is -2.39. The zero-order valence-electron chi connectivity index (χ0n) is 11.4. The Balaban J connectivity index is 2.33. The molecule has 0 spiro atoms. The number of rotatable bonds is 3. The molecule has 0 saturated carbocycles. The quantitative estimate of drug-likeness (QED) is 0.721. The van der Waals surface area contributed by atoms with Crippen LogP contribution in [0.2, 0.25) is 0 Å². The monoisotopic (exact) mass is 294 g/mol. The summed E-state index contributed by atoms with van der Waals surface area (Å²) in [5.74, 6) is 0. The molecule has 0 saturated heterocycles. The smallest absolute Gasteiger partial charge is 0.207 e. The first-order chi connectivity index (χ1) is 10.1. The van der Waals surface area contributed by atoms with Crippen LogP contribution < -0.4 is 0 Å². The first-order valence-corrected chi connectivity index (χ1v) is 8.07. The van der Waals surface area contributed by atoms with Crippen LogP contribution in [0, 0.1) is 0 Å². The standard InChI is InChI=1S/C18H14O2S/c1-2-14-8-4-6-12-17(14)21(19,20)18-13-7-10-15-9-3-5-11-16(15)18/h2-13H,1H2. The molecule has 0 aliphatic rings. The first-order valence-electron chi connectivity index (χ1n) is 6.59. The maximum Gasteiger partial charge on any atom is 0.207 e. The Morgan fingerprint density at radius 2 is 1.38 bits per heavy atom. The van der Waals surface area contributed by atoms with E-state index in [0.29, 0.717) is 10.5 Å². The number of benzene rings is 3. The van der Waals surface area contributed by atoms with Crippen molar-refractivity contribution in [2.24, 2.45) is 0 Å². The highest BCUT2D eigenvalue weighted by atomic mass is 32.2. The van der Waals surface area contributed by atoms with Gasteiger partial charge in [0.15, 0.2) is 0 Å². The van der Waals surface area contributed by atoms with Crippen molar-refractivity contribution in [2.75, 3.05) is 0 Å². The zero-order valence-corrected chi connectivity index (χ0v) is 12.2. The molecule has 0 radical (unpaired) electrons. The van der Waals surface area contributed by atoms with Gasteiger partial charge in [0.25, 0.3) is 0 Å². The van der Waals surface area contributed by atoms with Crippen molar-refractivity contribution in [1.29, 1.82) is 0 Å². The van der Waals surface area contributed by atoms with Gasteiger partial charge in [-0.1, -0.05) is 67.3 Å². The minimum Gasteiger partial charge on any atom is -0.218 e. The Labute approximate surface area is 124 Å². The third kappa shape index (κ3) is 2.26. The molecule has 0 bridgehead atoms. The molecule has 104 valence electrons. The SMILES string of the molecule is C=Cc1ccccc1S(=O)(=O)c1cccc2ccccc12. The number of fused-ring (bicyclic) bond motifs is 1. The van der Waals surface area contributed by atoms with Gasteiger partial charge in [-0.3, -0.25) is 0 Å². The topological polar surface area (TPSA) is 34.1 Å². The highest BCUT2D eigenvalue weighted by molar-refractivity contribution is 7.91. The van der Waals surface area contributed by atoms with Gasteiger partial charge in [0, 0.05) is 5.39 Å². The first kappa shape index (κ1) is 13.6. The summed E-state index contributed by atoms with van der Waals surface area (Å²) in [5.41, 5.74) is 0.616. The van der Waals surface area contributed by atoms with Gasteiger partial charge in [-0.25, -0.2) is 8.42 Å². The van der Waals surface area contributed by atoms with E-state index in [-0.39, 0.29) is 4.90 Å². The molecular formula is C18H14O2S. The summed E-state index contributed by atoms with van der Waals surface area (Å²) < 4.78 is 26.0. The summed E-state index contributed by atoms with van der Waals surface area (Å²) in [7, 11) is -3.58. The van der Waals surface area contributed by atoms with E-state index >= 15 is 0 Å². The molecule has 0 amide bonds. The predicted octanol–water partition coefficient (Wildman–Crippen LogP) is 4.32. The molecule has 0 N–H and O–H groups in total. The molecule has 0 atom stereocenters. The Bertz CT molecular complexity index is 919. The minimum absolute atomic E-state index is 0.288. The van der Waals surface area contributed by atoms with E-state index in [4.69, 9.17) is 0 Å². The molecule has 3 aromatic carbocycles. The van der Waals surface area contributed by atoms with Crippen LogP contribution in [0.25, 0.3) is 16.8 Å². The minimum atomic E-state index is -3.58. The van der Waals surface area contributed by atoms with E-state index in [9.17, 15) is 8.42 Å². The van der Waals surface area contributed by atoms with Gasteiger partial charge in [-0.2, -0.15) is 0 Å². The highest BCUT2D eigenvalue weighted by Gasteiger charge is 2.21. The third-order valence-electron chi connectivity index (χ3n) is 3.47. The summed E-state index contributed by atoms with van der Waals surface area (Å²) in [6, 6.07) is 19.7. The Kier molecular flexibility index (Phi) is 3.35. The molecule has 21 heavy (non-hydrogen) atoms. The lowest BCUT2D eigenvalue weighted by atomic mass is 10.1. The van der Waals surface area contributed by atoms with Crippen molar-refractivity contribution < 1.29 is 8.42 Å². The van der Waals surface area contributed by atoms with Crippen molar-refractivity contribution in [3.8, 4) is 0 Å². The maximum absolute atomic E-state index is 13.0. The summed E-state index contributed by atoms with van der Waals surface area (Å²) in [6.45, 7) is 3.70. The zero-order chi connectivity index (χ0) is 14.9. The fourth-order valence-corrected chi connectivity index (χ4v) is 4.13. The Morgan fingerprint density at radius 3 is 2.19 bits per heavy atom. The molecule has 3 aromatic rings. The summed E-state index contributed by atoms with van der Waals surface area (Å²) in [5, 5.41) is 1.65. The van der Waals surface area contributed by atoms with Crippen LogP contribution >= 0.6 is 0 Å². The van der Waals surface area contributed by atoms with Gasteiger partial charge in [-0.15, -0.1) is 0 Å². The van der Waals surface area contributed by atoms with E-state index in [1.54, 1.807) is 42.5 Å². The highest BCUT2D eigenvalue weighted by Crippen LogP contribution is 2.30. The fraction of sp³-hybridized carbons (Fsp3) is 0. The van der Waals surface area contributed by atoms with Crippen molar-refractivity contribution in [1.82, 2.24) is 0 Å². The van der Waals surface area contributed by atoms with Crippen molar-refractivity contribution >= 4 is 26.7 Å². The molecule has 3 heteroatoms. The van der Waals surface area contributed by atoms with Gasteiger partial charge >= 0.3 is 0 Å². The van der Waals surface area contributed by atoms with E-state index in [1.165, 1.54) is 0 Å². The second kappa shape index (κ2) is 5.19. The van der Waals surface area contributed by atoms with Gasteiger partial charge in [0.1, 0.15) is 0 Å². The number of hydrogen-bond acceptors (Lipinski definition) is 2. The van der Waals surface area contributed by atoms with Crippen molar-refractivity contribution in [3.05, 3.63) is 78.9 Å². The fourth-order valence-electron chi connectivity index (χ4n) is 2.44. The lowest BCUT2D eigenvalue weighted by Crippen LogP contribution is -2.04. The van der Waals surface area contributed by atoms with Gasteiger partial charge in [-0.05, 0) is 23.1 Å². The average Bonchev–Trinajstić information content (AvgIpc) is 2.54. The van der Waals surface area contributed by atoms with Crippen LogP contribution in [0.15, 0.2) is 83.1 Å². The van der Waals surface area contributed by atoms with Crippen LogP contribution in [0.5, 0.6) is 0 Å². The van der Waals surface area contributed by atoms with Gasteiger partial charge in [0.05, 0.1) is 9.79 Å².